The molecule has 0 aromatic carbocycles. The quantitative estimate of drug-likeness (QED) is 0.717. The number of carbonyl (C=O) groups is 1. The fourth-order valence-electron chi connectivity index (χ4n) is 2.81. The highest BCUT2D eigenvalue weighted by Gasteiger charge is 2.43. The molecule has 0 saturated heterocycles. The molecule has 0 aromatic rings. The Hall–Kier alpha value is -1.04. The van der Waals surface area contributed by atoms with Crippen molar-refractivity contribution in [3.8, 4) is 6.07 Å². The number of nitrogens with zero attached hydrogens (tertiary/aromatic N) is 2. The molecular weight excluding hydrogens is 200 g/mol. The number of amides is 1. The first-order valence-electron chi connectivity index (χ1n) is 6.38. The molecule has 0 aromatic heterocycles. The minimum absolute atomic E-state index is 0.0828. The molecule has 3 nitrogen and oxygen atoms in total. The Morgan fingerprint density at radius 2 is 1.88 bits per heavy atom. The first-order valence-corrected chi connectivity index (χ1v) is 6.38. The molecule has 2 aliphatic rings. The minimum atomic E-state index is -0.692. The van der Waals surface area contributed by atoms with Gasteiger partial charge in [-0.25, -0.2) is 0 Å². The van der Waals surface area contributed by atoms with Crippen LogP contribution in [0.1, 0.15) is 51.4 Å². The molecular formula is C13H20N2O. The maximum Gasteiger partial charge on any atom is 0.243 e. The van der Waals surface area contributed by atoms with Gasteiger partial charge in [0.05, 0.1) is 6.07 Å². The predicted molar refractivity (Wildman–Crippen MR) is 61.5 cm³/mol. The molecule has 16 heavy (non-hydrogen) atoms. The van der Waals surface area contributed by atoms with Crippen molar-refractivity contribution < 1.29 is 4.79 Å². The monoisotopic (exact) mass is 220 g/mol. The maximum absolute atomic E-state index is 12.4. The van der Waals surface area contributed by atoms with Crippen LogP contribution in [0.15, 0.2) is 0 Å². The van der Waals surface area contributed by atoms with E-state index in [0.717, 1.165) is 38.5 Å². The van der Waals surface area contributed by atoms with Crippen LogP contribution in [-0.4, -0.2) is 23.9 Å². The molecule has 88 valence electrons. The van der Waals surface area contributed by atoms with E-state index < -0.39 is 5.41 Å². The summed E-state index contributed by atoms with van der Waals surface area (Å²) >= 11 is 0. The summed E-state index contributed by atoms with van der Waals surface area (Å²) in [5.74, 6) is 0.0828. The smallest absolute Gasteiger partial charge is 0.243 e. The van der Waals surface area contributed by atoms with Crippen LogP contribution >= 0.6 is 0 Å². The molecule has 2 fully saturated rings. The van der Waals surface area contributed by atoms with E-state index in [1.165, 1.54) is 12.8 Å². The van der Waals surface area contributed by atoms with Crippen LogP contribution < -0.4 is 0 Å². The van der Waals surface area contributed by atoms with E-state index in [4.69, 9.17) is 0 Å². The molecule has 0 bridgehead atoms. The van der Waals surface area contributed by atoms with Gasteiger partial charge in [-0.3, -0.25) is 4.79 Å². The minimum Gasteiger partial charge on any atom is -0.341 e. The highest BCUT2D eigenvalue weighted by Crippen LogP contribution is 2.38. The molecule has 0 radical (unpaired) electrons. The molecule has 0 N–H and O–H groups in total. The Balaban J connectivity index is 2.08. The fourth-order valence-corrected chi connectivity index (χ4v) is 2.81. The summed E-state index contributed by atoms with van der Waals surface area (Å²) < 4.78 is 0. The molecule has 0 aliphatic heterocycles. The summed E-state index contributed by atoms with van der Waals surface area (Å²) in [4.78, 5) is 14.2. The van der Waals surface area contributed by atoms with Gasteiger partial charge in [0, 0.05) is 13.1 Å². The summed E-state index contributed by atoms with van der Waals surface area (Å²) in [7, 11) is 1.87. The van der Waals surface area contributed by atoms with Gasteiger partial charge in [-0.15, -0.1) is 0 Å². The second-order valence-electron chi connectivity index (χ2n) is 5.26. The van der Waals surface area contributed by atoms with Crippen molar-refractivity contribution in [2.24, 2.45) is 5.41 Å². The van der Waals surface area contributed by atoms with Crippen LogP contribution in [0.4, 0.5) is 0 Å². The molecule has 2 rings (SSSR count). The van der Waals surface area contributed by atoms with Crippen molar-refractivity contribution >= 4 is 5.91 Å². The second-order valence-corrected chi connectivity index (χ2v) is 5.26. The lowest BCUT2D eigenvalue weighted by Gasteiger charge is -2.40. The lowest BCUT2D eigenvalue weighted by atomic mass is 9.73. The normalized spacial score (nSPS) is 24.2. The Labute approximate surface area is 97.4 Å². The number of hydrogen-bond acceptors (Lipinski definition) is 2. The van der Waals surface area contributed by atoms with Crippen LogP contribution in [0.3, 0.4) is 0 Å². The van der Waals surface area contributed by atoms with Gasteiger partial charge in [0.25, 0.3) is 0 Å². The first-order chi connectivity index (χ1) is 7.69. The van der Waals surface area contributed by atoms with Crippen LogP contribution in [0.2, 0.25) is 0 Å². The van der Waals surface area contributed by atoms with Gasteiger partial charge in [-0.05, 0) is 32.1 Å². The van der Waals surface area contributed by atoms with Gasteiger partial charge in [0.1, 0.15) is 5.41 Å². The average molecular weight is 220 g/mol. The van der Waals surface area contributed by atoms with E-state index in [1.54, 1.807) is 0 Å². The van der Waals surface area contributed by atoms with Crippen LogP contribution in [-0.2, 0) is 4.79 Å². The van der Waals surface area contributed by atoms with Crippen molar-refractivity contribution in [1.82, 2.24) is 4.90 Å². The fraction of sp³-hybridized carbons (Fsp3) is 0.846. The molecule has 0 unspecified atom stereocenters. The SMILES string of the molecule is CN(C(=O)C1(C#N)CCCCC1)C1CCC1. The standard InChI is InChI=1S/C13H20N2O/c1-15(11-6-5-7-11)12(16)13(10-14)8-3-2-4-9-13/h11H,2-9H2,1H3. The lowest BCUT2D eigenvalue weighted by molar-refractivity contribution is -0.143. The zero-order chi connectivity index (χ0) is 11.6. The third-order valence-electron chi connectivity index (χ3n) is 4.27. The van der Waals surface area contributed by atoms with Gasteiger partial charge >= 0.3 is 0 Å². The Bertz CT molecular complexity index is 308. The van der Waals surface area contributed by atoms with Crippen molar-refractivity contribution in [3.63, 3.8) is 0 Å². The summed E-state index contributed by atoms with van der Waals surface area (Å²) in [5.41, 5.74) is -0.692. The zero-order valence-electron chi connectivity index (χ0n) is 10.0. The highest BCUT2D eigenvalue weighted by molar-refractivity contribution is 5.85. The topological polar surface area (TPSA) is 44.1 Å². The third-order valence-corrected chi connectivity index (χ3v) is 4.27. The van der Waals surface area contributed by atoms with Gasteiger partial charge in [-0.2, -0.15) is 5.26 Å². The van der Waals surface area contributed by atoms with Crippen molar-refractivity contribution in [2.45, 2.75) is 57.4 Å². The summed E-state index contributed by atoms with van der Waals surface area (Å²) in [6.45, 7) is 0. The van der Waals surface area contributed by atoms with Crippen LogP contribution in [0.5, 0.6) is 0 Å². The number of nitriles is 1. The first kappa shape index (κ1) is 11.4. The van der Waals surface area contributed by atoms with Gasteiger partial charge < -0.3 is 4.90 Å². The third kappa shape index (κ3) is 1.81. The lowest BCUT2D eigenvalue weighted by Crippen LogP contribution is -2.49. The van der Waals surface area contributed by atoms with E-state index in [2.05, 4.69) is 6.07 Å². The van der Waals surface area contributed by atoms with Crippen molar-refractivity contribution in [1.29, 1.82) is 5.26 Å². The molecule has 3 heteroatoms. The molecule has 2 aliphatic carbocycles. The predicted octanol–water partition coefficient (Wildman–Crippen LogP) is 2.47. The Morgan fingerprint density at radius 1 is 1.25 bits per heavy atom. The second kappa shape index (κ2) is 4.45. The van der Waals surface area contributed by atoms with Gasteiger partial charge in [0.15, 0.2) is 0 Å². The number of carbonyl (C=O) groups excluding carboxylic acids is 1. The summed E-state index contributed by atoms with van der Waals surface area (Å²) in [6, 6.07) is 2.71. The molecule has 0 spiro atoms. The highest BCUT2D eigenvalue weighted by atomic mass is 16.2. The summed E-state index contributed by atoms with van der Waals surface area (Å²) in [6.07, 6.45) is 8.20. The molecule has 0 atom stereocenters. The maximum atomic E-state index is 12.4. The number of hydrogen-bond donors (Lipinski definition) is 0. The van der Waals surface area contributed by atoms with Crippen molar-refractivity contribution in [2.75, 3.05) is 7.05 Å². The molecule has 0 heterocycles. The van der Waals surface area contributed by atoms with E-state index in [-0.39, 0.29) is 5.91 Å². The Morgan fingerprint density at radius 3 is 2.31 bits per heavy atom. The average Bonchev–Trinajstić information content (AvgIpc) is 2.26. The zero-order valence-corrected chi connectivity index (χ0v) is 10.0. The van der Waals surface area contributed by atoms with Crippen LogP contribution in [0, 0.1) is 16.7 Å². The van der Waals surface area contributed by atoms with Crippen LogP contribution in [0.25, 0.3) is 0 Å². The Kier molecular flexibility index (Phi) is 3.18. The number of rotatable bonds is 2. The van der Waals surface area contributed by atoms with Gasteiger partial charge in [-0.1, -0.05) is 19.3 Å². The largest absolute Gasteiger partial charge is 0.341 e. The molecule has 2 saturated carbocycles. The van der Waals surface area contributed by atoms with E-state index in [1.807, 2.05) is 11.9 Å². The van der Waals surface area contributed by atoms with E-state index in [0.29, 0.717) is 6.04 Å². The van der Waals surface area contributed by atoms with Crippen molar-refractivity contribution in [3.05, 3.63) is 0 Å². The summed E-state index contributed by atoms with van der Waals surface area (Å²) in [5, 5.41) is 9.34. The molecule has 1 amide bonds. The van der Waals surface area contributed by atoms with Gasteiger partial charge in [0.2, 0.25) is 5.91 Å². The van der Waals surface area contributed by atoms with E-state index in [9.17, 15) is 10.1 Å². The van der Waals surface area contributed by atoms with E-state index >= 15 is 0 Å².